The molecule has 0 bridgehead atoms. The van der Waals surface area contributed by atoms with Crippen LogP contribution in [0.15, 0.2) is 23.2 Å². The van der Waals surface area contributed by atoms with E-state index >= 15 is 0 Å². The van der Waals surface area contributed by atoms with Gasteiger partial charge in [0.15, 0.2) is 5.96 Å². The van der Waals surface area contributed by atoms with E-state index in [-0.39, 0.29) is 17.6 Å². The summed E-state index contributed by atoms with van der Waals surface area (Å²) in [6.45, 7) is 2.47. The molecule has 8 heteroatoms. The maximum absolute atomic E-state index is 13.0. The summed E-state index contributed by atoms with van der Waals surface area (Å²) < 4.78 is 35.3. The van der Waals surface area contributed by atoms with Crippen LogP contribution in [-0.4, -0.2) is 46.0 Å². The number of rotatable bonds is 7. The molecule has 0 fully saturated rings. The molecule has 23 heavy (non-hydrogen) atoms. The predicted octanol–water partition coefficient (Wildman–Crippen LogP) is 2.01. The average molecular weight is 364 g/mol. The van der Waals surface area contributed by atoms with Gasteiger partial charge in [-0.15, -0.1) is 0 Å². The summed E-state index contributed by atoms with van der Waals surface area (Å²) >= 11 is 5.98. The number of hydrogen-bond acceptors (Lipinski definition) is 3. The SMILES string of the molecule is CN=C(NCCc1ccc(F)cc1Cl)NC(C)CCS(C)(=O)=O. The van der Waals surface area contributed by atoms with Gasteiger partial charge in [0.05, 0.1) is 5.75 Å². The van der Waals surface area contributed by atoms with Gasteiger partial charge in [0.2, 0.25) is 0 Å². The monoisotopic (exact) mass is 363 g/mol. The van der Waals surface area contributed by atoms with Gasteiger partial charge in [0, 0.05) is 30.9 Å². The topological polar surface area (TPSA) is 70.6 Å². The third kappa shape index (κ3) is 8.18. The van der Waals surface area contributed by atoms with E-state index in [1.807, 2.05) is 6.92 Å². The maximum Gasteiger partial charge on any atom is 0.191 e. The van der Waals surface area contributed by atoms with Crippen LogP contribution in [0.3, 0.4) is 0 Å². The van der Waals surface area contributed by atoms with Crippen molar-refractivity contribution in [1.82, 2.24) is 10.6 Å². The van der Waals surface area contributed by atoms with Crippen molar-refractivity contribution < 1.29 is 12.8 Å². The molecule has 0 saturated heterocycles. The highest BCUT2D eigenvalue weighted by atomic mass is 35.5. The van der Waals surface area contributed by atoms with Crippen molar-refractivity contribution in [1.29, 1.82) is 0 Å². The molecule has 0 aliphatic heterocycles. The molecule has 0 radical (unpaired) electrons. The van der Waals surface area contributed by atoms with Crippen LogP contribution in [0, 0.1) is 5.82 Å². The minimum Gasteiger partial charge on any atom is -0.356 e. The Labute approximate surface area is 142 Å². The number of halogens is 2. The number of hydrogen-bond donors (Lipinski definition) is 2. The summed E-state index contributed by atoms with van der Waals surface area (Å²) in [5, 5.41) is 6.65. The lowest BCUT2D eigenvalue weighted by Gasteiger charge is -2.17. The van der Waals surface area contributed by atoms with Crippen molar-refractivity contribution >= 4 is 27.4 Å². The van der Waals surface area contributed by atoms with E-state index in [4.69, 9.17) is 11.6 Å². The van der Waals surface area contributed by atoms with E-state index in [2.05, 4.69) is 15.6 Å². The Morgan fingerprint density at radius 3 is 2.70 bits per heavy atom. The standard InChI is InChI=1S/C15H23ClFN3O2S/c1-11(7-9-23(3,21)22)20-15(18-2)19-8-6-12-4-5-13(17)10-14(12)16/h4-5,10-11H,6-9H2,1-3H3,(H2,18,19,20). The molecule has 1 aromatic carbocycles. The van der Waals surface area contributed by atoms with Crippen LogP contribution in [0.1, 0.15) is 18.9 Å². The highest BCUT2D eigenvalue weighted by Crippen LogP contribution is 2.17. The van der Waals surface area contributed by atoms with Crippen molar-refractivity contribution in [2.45, 2.75) is 25.8 Å². The minimum absolute atomic E-state index is 0.0228. The Kier molecular flexibility index (Phi) is 7.78. The fourth-order valence-corrected chi connectivity index (χ4v) is 2.97. The summed E-state index contributed by atoms with van der Waals surface area (Å²) in [7, 11) is -1.33. The summed E-state index contributed by atoms with van der Waals surface area (Å²) in [5.41, 5.74) is 0.848. The lowest BCUT2D eigenvalue weighted by Crippen LogP contribution is -2.43. The third-order valence-electron chi connectivity index (χ3n) is 3.23. The molecule has 0 heterocycles. The van der Waals surface area contributed by atoms with Crippen LogP contribution < -0.4 is 10.6 Å². The van der Waals surface area contributed by atoms with Gasteiger partial charge in [-0.05, 0) is 37.5 Å². The number of nitrogens with zero attached hydrogens (tertiary/aromatic N) is 1. The summed E-state index contributed by atoms with van der Waals surface area (Å²) in [4.78, 5) is 4.09. The van der Waals surface area contributed by atoms with Gasteiger partial charge in [-0.1, -0.05) is 17.7 Å². The number of aliphatic imine (C=N–C) groups is 1. The molecule has 0 aromatic heterocycles. The smallest absolute Gasteiger partial charge is 0.191 e. The zero-order valence-electron chi connectivity index (χ0n) is 13.6. The first kappa shape index (κ1) is 19.7. The molecule has 1 unspecified atom stereocenters. The molecular formula is C15H23ClFN3O2S. The van der Waals surface area contributed by atoms with Crippen molar-refractivity contribution in [2.24, 2.45) is 4.99 Å². The van der Waals surface area contributed by atoms with E-state index in [0.29, 0.717) is 30.4 Å². The second-order valence-corrected chi connectivity index (χ2v) is 8.12. The lowest BCUT2D eigenvalue weighted by atomic mass is 10.1. The third-order valence-corrected chi connectivity index (χ3v) is 4.56. The molecule has 1 rings (SSSR count). The molecule has 1 atom stereocenters. The molecule has 130 valence electrons. The van der Waals surface area contributed by atoms with Gasteiger partial charge in [0.25, 0.3) is 0 Å². The van der Waals surface area contributed by atoms with E-state index in [0.717, 1.165) is 5.56 Å². The fourth-order valence-electron chi connectivity index (χ4n) is 1.93. The molecule has 1 aromatic rings. The maximum atomic E-state index is 13.0. The molecule has 0 spiro atoms. The largest absolute Gasteiger partial charge is 0.356 e. The second-order valence-electron chi connectivity index (χ2n) is 5.45. The Bertz CT molecular complexity index is 650. The van der Waals surface area contributed by atoms with Crippen LogP contribution in [-0.2, 0) is 16.3 Å². The Morgan fingerprint density at radius 2 is 2.13 bits per heavy atom. The molecular weight excluding hydrogens is 341 g/mol. The van der Waals surface area contributed by atoms with Crippen molar-refractivity contribution in [3.63, 3.8) is 0 Å². The predicted molar refractivity (Wildman–Crippen MR) is 93.4 cm³/mol. The van der Waals surface area contributed by atoms with Crippen molar-refractivity contribution in [3.8, 4) is 0 Å². The van der Waals surface area contributed by atoms with Gasteiger partial charge >= 0.3 is 0 Å². The van der Waals surface area contributed by atoms with E-state index in [9.17, 15) is 12.8 Å². The normalized spacial score (nSPS) is 13.7. The van der Waals surface area contributed by atoms with E-state index in [1.165, 1.54) is 18.4 Å². The first-order chi connectivity index (χ1) is 10.7. The molecule has 2 N–H and O–H groups in total. The Morgan fingerprint density at radius 1 is 1.43 bits per heavy atom. The average Bonchev–Trinajstić information content (AvgIpc) is 2.45. The molecule has 0 amide bonds. The zero-order valence-corrected chi connectivity index (χ0v) is 15.1. The summed E-state index contributed by atoms with van der Waals surface area (Å²) in [6.07, 6.45) is 2.35. The van der Waals surface area contributed by atoms with Gasteiger partial charge in [-0.25, -0.2) is 12.8 Å². The number of nitrogens with one attached hydrogen (secondary N) is 2. The quantitative estimate of drug-likeness (QED) is 0.574. The molecule has 0 aliphatic rings. The molecule has 5 nitrogen and oxygen atoms in total. The van der Waals surface area contributed by atoms with Crippen molar-refractivity contribution in [3.05, 3.63) is 34.6 Å². The Balaban J connectivity index is 2.42. The van der Waals surface area contributed by atoms with Crippen LogP contribution in [0.25, 0.3) is 0 Å². The summed E-state index contributed by atoms with van der Waals surface area (Å²) in [6, 6.07) is 4.30. The van der Waals surface area contributed by atoms with Gasteiger partial charge < -0.3 is 10.6 Å². The molecule has 0 saturated carbocycles. The number of sulfone groups is 1. The van der Waals surface area contributed by atoms with Crippen molar-refractivity contribution in [2.75, 3.05) is 25.6 Å². The molecule has 0 aliphatic carbocycles. The minimum atomic E-state index is -2.97. The van der Waals surface area contributed by atoms with Crippen LogP contribution in [0.2, 0.25) is 5.02 Å². The first-order valence-corrected chi connectivity index (χ1v) is 9.74. The van der Waals surface area contributed by atoms with Crippen LogP contribution in [0.5, 0.6) is 0 Å². The zero-order chi connectivity index (χ0) is 17.5. The Hall–Kier alpha value is -1.34. The summed E-state index contributed by atoms with van der Waals surface area (Å²) in [5.74, 6) is 0.358. The van der Waals surface area contributed by atoms with Gasteiger partial charge in [-0.2, -0.15) is 0 Å². The second kappa shape index (κ2) is 9.08. The van der Waals surface area contributed by atoms with Crippen LogP contribution >= 0.6 is 11.6 Å². The number of guanidine groups is 1. The highest BCUT2D eigenvalue weighted by molar-refractivity contribution is 7.90. The van der Waals surface area contributed by atoms with Gasteiger partial charge in [0.1, 0.15) is 15.7 Å². The van der Waals surface area contributed by atoms with Gasteiger partial charge in [-0.3, -0.25) is 4.99 Å². The lowest BCUT2D eigenvalue weighted by molar-refractivity contribution is 0.581. The van der Waals surface area contributed by atoms with Crippen LogP contribution in [0.4, 0.5) is 4.39 Å². The van der Waals surface area contributed by atoms with E-state index in [1.54, 1.807) is 13.1 Å². The first-order valence-electron chi connectivity index (χ1n) is 7.30. The fraction of sp³-hybridized carbons (Fsp3) is 0.533. The highest BCUT2D eigenvalue weighted by Gasteiger charge is 2.09. The van der Waals surface area contributed by atoms with E-state index < -0.39 is 9.84 Å². The number of benzene rings is 1.